The average molecular weight is 522 g/mol. The summed E-state index contributed by atoms with van der Waals surface area (Å²) in [5.41, 5.74) is 0. The van der Waals surface area contributed by atoms with Crippen molar-refractivity contribution in [1.29, 1.82) is 0 Å². The lowest BCUT2D eigenvalue weighted by molar-refractivity contribution is -0.137. The van der Waals surface area contributed by atoms with Crippen molar-refractivity contribution in [3.63, 3.8) is 0 Å². The molecule has 2 amide bonds. The molecule has 1 saturated heterocycles. The minimum Gasteiger partial charge on any atom is -0.343 e. The van der Waals surface area contributed by atoms with Gasteiger partial charge < -0.3 is 18.9 Å². The van der Waals surface area contributed by atoms with E-state index in [-0.39, 0.29) is 30.1 Å². The van der Waals surface area contributed by atoms with Crippen molar-refractivity contribution in [1.82, 2.24) is 34.4 Å². The van der Waals surface area contributed by atoms with Crippen LogP contribution >= 0.6 is 12.4 Å². The number of amides is 2. The molecule has 0 spiro atoms. The van der Waals surface area contributed by atoms with Crippen LogP contribution in [0.4, 0.5) is 0 Å². The summed E-state index contributed by atoms with van der Waals surface area (Å²) in [4.78, 5) is 40.3. The Kier molecular flexibility index (Phi) is 10.3. The molecule has 0 radical (unpaired) electrons. The Morgan fingerprint density at radius 2 is 1.89 bits per heavy atom. The van der Waals surface area contributed by atoms with Crippen LogP contribution in [0.3, 0.4) is 0 Å². The van der Waals surface area contributed by atoms with Crippen LogP contribution in [0.25, 0.3) is 0 Å². The van der Waals surface area contributed by atoms with E-state index >= 15 is 0 Å². The molecule has 4 rings (SSSR count). The first-order valence-corrected chi connectivity index (χ1v) is 13.0. The molecule has 10 nitrogen and oxygen atoms in total. The molecule has 1 aliphatic heterocycles. The van der Waals surface area contributed by atoms with Crippen molar-refractivity contribution in [2.75, 3.05) is 33.2 Å². The number of nitrogens with zero attached hydrogens (tertiary/aromatic N) is 7. The van der Waals surface area contributed by atoms with E-state index in [1.54, 1.807) is 6.20 Å². The van der Waals surface area contributed by atoms with Crippen molar-refractivity contribution in [3.05, 3.63) is 29.9 Å². The first kappa shape index (κ1) is 28.1. The maximum atomic E-state index is 12.9. The topological polar surface area (TPSA) is 101 Å². The Bertz CT molecular complexity index is 980. The quantitative estimate of drug-likeness (QED) is 0.500. The smallest absolute Gasteiger partial charge is 0.227 e. The largest absolute Gasteiger partial charge is 0.343 e. The van der Waals surface area contributed by atoms with Gasteiger partial charge in [-0.2, -0.15) is 4.98 Å². The second-order valence-electron chi connectivity index (χ2n) is 10.0. The Morgan fingerprint density at radius 3 is 2.56 bits per heavy atom. The highest BCUT2D eigenvalue weighted by atomic mass is 35.5. The number of aryl methyl sites for hydroxylation is 2. The summed E-state index contributed by atoms with van der Waals surface area (Å²) in [5.74, 6) is 2.32. The van der Waals surface area contributed by atoms with Gasteiger partial charge in [-0.1, -0.05) is 31.3 Å². The molecule has 200 valence electrons. The van der Waals surface area contributed by atoms with E-state index in [1.807, 2.05) is 41.5 Å². The summed E-state index contributed by atoms with van der Waals surface area (Å²) in [6, 6.07) is 0.373. The van der Waals surface area contributed by atoms with Crippen LogP contribution in [0.15, 0.2) is 16.9 Å². The van der Waals surface area contributed by atoms with Crippen LogP contribution in [0.5, 0.6) is 0 Å². The molecule has 2 fully saturated rings. The Hall–Kier alpha value is -2.46. The number of carbonyl (C=O) groups is 2. The first-order chi connectivity index (χ1) is 16.9. The van der Waals surface area contributed by atoms with E-state index < -0.39 is 0 Å². The monoisotopic (exact) mass is 521 g/mol. The third kappa shape index (κ3) is 7.29. The van der Waals surface area contributed by atoms with Crippen molar-refractivity contribution >= 4 is 24.2 Å². The molecule has 1 atom stereocenters. The molecule has 11 heteroatoms. The molecular weight excluding hydrogens is 482 g/mol. The van der Waals surface area contributed by atoms with Crippen LogP contribution < -0.4 is 0 Å². The number of hydrogen-bond donors (Lipinski definition) is 0. The number of piperazine rings is 1. The third-order valence-electron chi connectivity index (χ3n) is 7.44. The predicted molar refractivity (Wildman–Crippen MR) is 137 cm³/mol. The highest BCUT2D eigenvalue weighted by molar-refractivity contribution is 5.85. The molecule has 2 aromatic rings. The van der Waals surface area contributed by atoms with Crippen LogP contribution in [-0.2, 0) is 29.1 Å². The molecule has 0 N–H and O–H groups in total. The summed E-state index contributed by atoms with van der Waals surface area (Å²) in [6.07, 6.45) is 10.5. The Morgan fingerprint density at radius 1 is 1.17 bits per heavy atom. The van der Waals surface area contributed by atoms with Crippen LogP contribution in [0.1, 0.15) is 63.0 Å². The second-order valence-corrected chi connectivity index (χ2v) is 10.0. The van der Waals surface area contributed by atoms with E-state index in [2.05, 4.69) is 20.0 Å². The lowest BCUT2D eigenvalue weighted by Crippen LogP contribution is -2.50. The van der Waals surface area contributed by atoms with Gasteiger partial charge >= 0.3 is 0 Å². The standard InChI is InChI=1S/C25H39N7O3.ClH/c1-19(17-32-12-11-26-20(32)2)25(34)31-15-13-30(14-16-31)18-22-27-23(35-28-22)9-10-24(33)29(3)21-7-5-4-6-8-21;/h11-12,19,21H,4-10,13-18H2,1-3H3;1H. The van der Waals surface area contributed by atoms with E-state index in [0.717, 1.165) is 31.8 Å². The van der Waals surface area contributed by atoms with Gasteiger partial charge in [0, 0.05) is 71.0 Å². The Labute approximate surface area is 219 Å². The van der Waals surface area contributed by atoms with Gasteiger partial charge in [0.2, 0.25) is 17.7 Å². The second kappa shape index (κ2) is 13.2. The van der Waals surface area contributed by atoms with Crippen LogP contribution in [0.2, 0.25) is 0 Å². The minimum absolute atomic E-state index is 0. The summed E-state index contributed by atoms with van der Waals surface area (Å²) in [6.45, 7) is 8.10. The average Bonchev–Trinajstić information content (AvgIpc) is 3.51. The van der Waals surface area contributed by atoms with Gasteiger partial charge in [0.15, 0.2) is 5.82 Å². The maximum absolute atomic E-state index is 12.9. The highest BCUT2D eigenvalue weighted by Crippen LogP contribution is 2.22. The summed E-state index contributed by atoms with van der Waals surface area (Å²) in [5, 5.41) is 4.11. The van der Waals surface area contributed by atoms with Gasteiger partial charge in [-0.3, -0.25) is 14.5 Å². The number of rotatable bonds is 9. The van der Waals surface area contributed by atoms with Gasteiger partial charge in [-0.15, -0.1) is 12.4 Å². The van der Waals surface area contributed by atoms with Crippen molar-refractivity contribution < 1.29 is 14.1 Å². The van der Waals surface area contributed by atoms with Crippen molar-refractivity contribution in [2.24, 2.45) is 5.92 Å². The van der Waals surface area contributed by atoms with Crippen molar-refractivity contribution in [2.45, 2.75) is 77.9 Å². The molecular formula is C25H40ClN7O3. The van der Waals surface area contributed by atoms with Gasteiger partial charge in [-0.25, -0.2) is 4.98 Å². The molecule has 0 bridgehead atoms. The lowest BCUT2D eigenvalue weighted by atomic mass is 9.94. The molecule has 2 aliphatic rings. The minimum atomic E-state index is -0.0888. The van der Waals surface area contributed by atoms with Gasteiger partial charge in [0.1, 0.15) is 5.82 Å². The lowest BCUT2D eigenvalue weighted by Gasteiger charge is -2.35. The van der Waals surface area contributed by atoms with Crippen molar-refractivity contribution in [3.8, 4) is 0 Å². The molecule has 1 unspecified atom stereocenters. The number of hydrogen-bond acceptors (Lipinski definition) is 7. The van der Waals surface area contributed by atoms with Crippen LogP contribution in [0, 0.1) is 12.8 Å². The molecule has 36 heavy (non-hydrogen) atoms. The third-order valence-corrected chi connectivity index (χ3v) is 7.44. The molecule has 3 heterocycles. The van der Waals surface area contributed by atoms with Gasteiger partial charge in [0.25, 0.3) is 0 Å². The molecule has 2 aromatic heterocycles. The normalized spacial score (nSPS) is 18.0. The highest BCUT2D eigenvalue weighted by Gasteiger charge is 2.26. The SMILES string of the molecule is Cc1nccn1CC(C)C(=O)N1CCN(Cc2noc(CCC(=O)N(C)C3CCCCC3)n2)CC1.Cl. The number of halogens is 1. The number of imidazole rings is 1. The zero-order valence-electron chi connectivity index (χ0n) is 21.8. The fourth-order valence-electron chi connectivity index (χ4n) is 5.13. The van der Waals surface area contributed by atoms with E-state index in [1.165, 1.54) is 19.3 Å². The zero-order chi connectivity index (χ0) is 24.8. The molecule has 1 aliphatic carbocycles. The fraction of sp³-hybridized carbons (Fsp3) is 0.720. The zero-order valence-corrected chi connectivity index (χ0v) is 22.6. The van der Waals surface area contributed by atoms with E-state index in [9.17, 15) is 9.59 Å². The van der Waals surface area contributed by atoms with Gasteiger partial charge in [0.05, 0.1) is 12.5 Å². The number of carbonyl (C=O) groups excluding carboxylic acids is 2. The summed E-state index contributed by atoms with van der Waals surface area (Å²) in [7, 11) is 1.92. The van der Waals surface area contributed by atoms with E-state index in [4.69, 9.17) is 4.52 Å². The molecule has 1 saturated carbocycles. The van der Waals surface area contributed by atoms with Gasteiger partial charge in [-0.05, 0) is 19.8 Å². The maximum Gasteiger partial charge on any atom is 0.227 e. The van der Waals surface area contributed by atoms with E-state index in [0.29, 0.717) is 56.8 Å². The Balaban J connectivity index is 0.00000361. The molecule has 0 aromatic carbocycles. The summed E-state index contributed by atoms with van der Waals surface area (Å²) >= 11 is 0. The predicted octanol–water partition coefficient (Wildman–Crippen LogP) is 2.70. The number of aromatic nitrogens is 4. The fourth-order valence-corrected chi connectivity index (χ4v) is 5.13. The van der Waals surface area contributed by atoms with Crippen LogP contribution in [-0.4, -0.2) is 85.5 Å². The summed E-state index contributed by atoms with van der Waals surface area (Å²) < 4.78 is 7.42. The first-order valence-electron chi connectivity index (χ1n) is 13.0.